The predicted octanol–water partition coefficient (Wildman–Crippen LogP) is 3.68. The normalized spacial score (nSPS) is 10.2. The summed E-state index contributed by atoms with van der Waals surface area (Å²) < 4.78 is 10.3. The third kappa shape index (κ3) is 3.44. The molecule has 0 unspecified atom stereocenters. The zero-order chi connectivity index (χ0) is 12.1. The van der Waals surface area contributed by atoms with Crippen molar-refractivity contribution in [3.05, 3.63) is 42.0 Å². The van der Waals surface area contributed by atoms with Crippen molar-refractivity contribution in [2.45, 2.75) is 12.0 Å². The van der Waals surface area contributed by atoms with Gasteiger partial charge in [-0.3, -0.25) is 10.9 Å². The molecule has 0 saturated carbocycles. The Morgan fingerprint density at radius 2 is 1.82 bits per heavy atom. The summed E-state index contributed by atoms with van der Waals surface area (Å²) in [6.07, 6.45) is 0. The summed E-state index contributed by atoms with van der Waals surface area (Å²) in [6, 6.07) is 11.7. The molecule has 0 amide bonds. The van der Waals surface area contributed by atoms with Gasteiger partial charge in [0, 0.05) is 6.07 Å². The van der Waals surface area contributed by atoms with Crippen molar-refractivity contribution in [1.29, 1.82) is 0 Å². The smallest absolute Gasteiger partial charge is 0.212 e. The number of anilines is 2. The van der Waals surface area contributed by atoms with Crippen molar-refractivity contribution >= 4 is 23.6 Å². The standard InChI is InChI=1S/C12H14N2O2S/c1-9-3-5-10(6-4-9)13-14-11-7-8-12(16-11)17-15-2/h3-8,13-14H,1-2H3. The van der Waals surface area contributed by atoms with Crippen LogP contribution in [0.15, 0.2) is 45.9 Å². The average molecular weight is 250 g/mol. The molecule has 90 valence electrons. The number of furan rings is 1. The largest absolute Gasteiger partial charge is 0.430 e. The Bertz CT molecular complexity index is 468. The van der Waals surface area contributed by atoms with Crippen molar-refractivity contribution in [3.63, 3.8) is 0 Å². The quantitative estimate of drug-likeness (QED) is 0.626. The van der Waals surface area contributed by atoms with E-state index in [-0.39, 0.29) is 0 Å². The molecule has 2 rings (SSSR count). The molecule has 17 heavy (non-hydrogen) atoms. The summed E-state index contributed by atoms with van der Waals surface area (Å²) in [4.78, 5) is 0. The van der Waals surface area contributed by atoms with Crippen LogP contribution in [-0.2, 0) is 4.18 Å². The van der Waals surface area contributed by atoms with E-state index < -0.39 is 0 Å². The first kappa shape index (κ1) is 11.9. The molecule has 5 heteroatoms. The topological polar surface area (TPSA) is 46.4 Å². The second kappa shape index (κ2) is 5.65. The third-order valence-electron chi connectivity index (χ3n) is 2.13. The third-order valence-corrected chi connectivity index (χ3v) is 2.68. The summed E-state index contributed by atoms with van der Waals surface area (Å²) >= 11 is 1.19. The Labute approximate surface area is 105 Å². The fourth-order valence-corrected chi connectivity index (χ4v) is 1.70. The Balaban J connectivity index is 1.90. The molecule has 1 aromatic heterocycles. The number of rotatable bonds is 5. The molecule has 2 aromatic rings. The summed E-state index contributed by atoms with van der Waals surface area (Å²) in [7, 11) is 1.60. The minimum Gasteiger partial charge on any atom is -0.430 e. The fraction of sp³-hybridized carbons (Fsp3) is 0.167. The van der Waals surface area contributed by atoms with Gasteiger partial charge >= 0.3 is 0 Å². The Kier molecular flexibility index (Phi) is 3.95. The lowest BCUT2D eigenvalue weighted by Gasteiger charge is -2.06. The molecule has 0 bridgehead atoms. The summed E-state index contributed by atoms with van der Waals surface area (Å²) in [5, 5.41) is 0.709. The van der Waals surface area contributed by atoms with Gasteiger partial charge in [0.05, 0.1) is 24.8 Å². The molecule has 1 heterocycles. The number of benzene rings is 1. The van der Waals surface area contributed by atoms with Crippen molar-refractivity contribution in [2.75, 3.05) is 18.0 Å². The highest BCUT2D eigenvalue weighted by atomic mass is 32.2. The van der Waals surface area contributed by atoms with Crippen LogP contribution in [0.5, 0.6) is 0 Å². The van der Waals surface area contributed by atoms with E-state index in [0.29, 0.717) is 11.0 Å². The molecule has 0 aliphatic heterocycles. The second-order valence-electron chi connectivity index (χ2n) is 3.48. The zero-order valence-corrected chi connectivity index (χ0v) is 10.5. The first-order chi connectivity index (χ1) is 8.28. The minimum atomic E-state index is 0.644. The lowest BCUT2D eigenvalue weighted by atomic mass is 10.2. The van der Waals surface area contributed by atoms with Crippen LogP contribution in [0.3, 0.4) is 0 Å². The number of hydrogen-bond acceptors (Lipinski definition) is 5. The molecule has 0 aliphatic carbocycles. The molecule has 2 N–H and O–H groups in total. The van der Waals surface area contributed by atoms with Gasteiger partial charge in [0.15, 0.2) is 5.09 Å². The van der Waals surface area contributed by atoms with Crippen LogP contribution >= 0.6 is 12.0 Å². The van der Waals surface area contributed by atoms with Gasteiger partial charge < -0.3 is 8.60 Å². The lowest BCUT2D eigenvalue weighted by Crippen LogP contribution is -2.07. The summed E-state index contributed by atoms with van der Waals surface area (Å²) in [6.45, 7) is 2.05. The molecule has 1 aromatic carbocycles. The van der Waals surface area contributed by atoms with E-state index in [1.165, 1.54) is 17.6 Å². The van der Waals surface area contributed by atoms with E-state index in [2.05, 4.69) is 17.8 Å². The molecule has 0 fully saturated rings. The number of hydrazine groups is 1. The van der Waals surface area contributed by atoms with Crippen LogP contribution in [0.4, 0.5) is 11.6 Å². The van der Waals surface area contributed by atoms with Gasteiger partial charge in [0.25, 0.3) is 0 Å². The maximum atomic E-state index is 5.43. The average Bonchev–Trinajstić information content (AvgIpc) is 2.77. The van der Waals surface area contributed by atoms with Crippen LogP contribution in [0.2, 0.25) is 0 Å². The van der Waals surface area contributed by atoms with E-state index in [4.69, 9.17) is 8.60 Å². The van der Waals surface area contributed by atoms with E-state index in [0.717, 1.165) is 5.69 Å². The van der Waals surface area contributed by atoms with Gasteiger partial charge in [-0.2, -0.15) is 0 Å². The van der Waals surface area contributed by atoms with Gasteiger partial charge in [-0.05, 0) is 25.1 Å². The molecule has 4 nitrogen and oxygen atoms in total. The molecular weight excluding hydrogens is 236 g/mol. The van der Waals surface area contributed by atoms with Crippen molar-refractivity contribution in [1.82, 2.24) is 0 Å². The van der Waals surface area contributed by atoms with Crippen LogP contribution in [0.25, 0.3) is 0 Å². The van der Waals surface area contributed by atoms with Gasteiger partial charge in [-0.15, -0.1) is 0 Å². The SMILES string of the molecule is COSc1ccc(NNc2ccc(C)cc2)o1. The summed E-state index contributed by atoms with van der Waals surface area (Å²) in [5.74, 6) is 0.644. The minimum absolute atomic E-state index is 0.644. The highest BCUT2D eigenvalue weighted by molar-refractivity contribution is 7.94. The van der Waals surface area contributed by atoms with Crippen LogP contribution < -0.4 is 10.9 Å². The second-order valence-corrected chi connectivity index (χ2v) is 4.39. The van der Waals surface area contributed by atoms with Crippen molar-refractivity contribution in [2.24, 2.45) is 0 Å². The highest BCUT2D eigenvalue weighted by Gasteiger charge is 2.01. The predicted molar refractivity (Wildman–Crippen MR) is 70.0 cm³/mol. The fourth-order valence-electron chi connectivity index (χ4n) is 1.28. The highest BCUT2D eigenvalue weighted by Crippen LogP contribution is 2.23. The van der Waals surface area contributed by atoms with E-state index >= 15 is 0 Å². The van der Waals surface area contributed by atoms with Gasteiger partial charge in [0.2, 0.25) is 5.88 Å². The zero-order valence-electron chi connectivity index (χ0n) is 9.69. The molecule has 0 saturated heterocycles. The molecule has 0 spiro atoms. The monoisotopic (exact) mass is 250 g/mol. The number of hydrogen-bond donors (Lipinski definition) is 2. The number of aryl methyl sites for hydroxylation is 1. The maximum absolute atomic E-state index is 5.43. The van der Waals surface area contributed by atoms with Crippen molar-refractivity contribution < 1.29 is 8.60 Å². The summed E-state index contributed by atoms with van der Waals surface area (Å²) in [5.41, 5.74) is 8.23. The van der Waals surface area contributed by atoms with Crippen LogP contribution in [0, 0.1) is 6.92 Å². The molecular formula is C12H14N2O2S. The van der Waals surface area contributed by atoms with Crippen molar-refractivity contribution in [3.8, 4) is 0 Å². The van der Waals surface area contributed by atoms with Crippen LogP contribution in [-0.4, -0.2) is 7.11 Å². The maximum Gasteiger partial charge on any atom is 0.212 e. The van der Waals surface area contributed by atoms with E-state index in [1.54, 1.807) is 7.11 Å². The molecule has 0 aliphatic rings. The lowest BCUT2D eigenvalue weighted by molar-refractivity contribution is 0.443. The molecule has 0 radical (unpaired) electrons. The van der Waals surface area contributed by atoms with Gasteiger partial charge in [-0.1, -0.05) is 17.7 Å². The molecule has 0 atom stereocenters. The first-order valence-electron chi connectivity index (χ1n) is 5.17. The van der Waals surface area contributed by atoms with Crippen LogP contribution in [0.1, 0.15) is 5.56 Å². The van der Waals surface area contributed by atoms with E-state index in [1.807, 2.05) is 36.4 Å². The van der Waals surface area contributed by atoms with Gasteiger partial charge in [0.1, 0.15) is 0 Å². The number of nitrogens with one attached hydrogen (secondary N) is 2. The Hall–Kier alpha value is -1.59. The first-order valence-corrected chi connectivity index (χ1v) is 5.91. The van der Waals surface area contributed by atoms with E-state index in [9.17, 15) is 0 Å². The Morgan fingerprint density at radius 3 is 2.53 bits per heavy atom. The Morgan fingerprint density at radius 1 is 1.06 bits per heavy atom. The van der Waals surface area contributed by atoms with Gasteiger partial charge in [-0.25, -0.2) is 0 Å².